The van der Waals surface area contributed by atoms with E-state index in [1.54, 1.807) is 25.6 Å². The number of fused-ring (bicyclic) bond motifs is 1. The summed E-state index contributed by atoms with van der Waals surface area (Å²) in [4.78, 5) is 30.2. The second-order valence-electron chi connectivity index (χ2n) is 9.11. The Morgan fingerprint density at radius 3 is 2.51 bits per heavy atom. The van der Waals surface area contributed by atoms with Crippen molar-refractivity contribution in [1.82, 2.24) is 10.2 Å². The highest BCUT2D eigenvalue weighted by Crippen LogP contribution is 2.44. The number of nitrogens with one attached hydrogen (secondary N) is 1. The molecule has 2 aromatic carbocycles. The fourth-order valence-electron chi connectivity index (χ4n) is 4.72. The van der Waals surface area contributed by atoms with Crippen molar-refractivity contribution in [2.45, 2.75) is 32.2 Å². The van der Waals surface area contributed by atoms with Gasteiger partial charge in [0.1, 0.15) is 0 Å². The van der Waals surface area contributed by atoms with Gasteiger partial charge in [-0.2, -0.15) is 0 Å². The lowest BCUT2D eigenvalue weighted by Crippen LogP contribution is -2.48. The van der Waals surface area contributed by atoms with E-state index in [9.17, 15) is 9.59 Å². The molecular formula is C28H32N2O4S. The number of thiophene rings is 1. The highest BCUT2D eigenvalue weighted by molar-refractivity contribution is 7.10. The maximum absolute atomic E-state index is 13.7. The SMILES string of the molecule is COc1ccc(CCNC(=O)[C@@H]2c3ccccc3C(=O)N(CC(C)C)[C@@H]2c2cccs2)cc1OC. The molecule has 7 heteroatoms. The molecule has 0 fully saturated rings. The summed E-state index contributed by atoms with van der Waals surface area (Å²) in [5.74, 6) is 1.05. The number of nitrogens with zero attached hydrogens (tertiary/aromatic N) is 1. The summed E-state index contributed by atoms with van der Waals surface area (Å²) in [6.07, 6.45) is 0.652. The summed E-state index contributed by atoms with van der Waals surface area (Å²) in [6.45, 7) is 5.25. The van der Waals surface area contributed by atoms with Gasteiger partial charge in [0.15, 0.2) is 11.5 Å². The van der Waals surface area contributed by atoms with Crippen LogP contribution in [0.4, 0.5) is 0 Å². The van der Waals surface area contributed by atoms with Crippen LogP contribution in [0.1, 0.15) is 52.2 Å². The zero-order valence-corrected chi connectivity index (χ0v) is 21.4. The lowest BCUT2D eigenvalue weighted by atomic mass is 9.81. The molecule has 0 spiro atoms. The Morgan fingerprint density at radius 1 is 1.06 bits per heavy atom. The van der Waals surface area contributed by atoms with E-state index in [0.717, 1.165) is 16.0 Å². The molecule has 0 bridgehead atoms. The van der Waals surface area contributed by atoms with Crippen LogP contribution < -0.4 is 14.8 Å². The first-order chi connectivity index (χ1) is 16.9. The molecule has 6 nitrogen and oxygen atoms in total. The van der Waals surface area contributed by atoms with Gasteiger partial charge < -0.3 is 19.7 Å². The number of benzene rings is 2. The molecule has 0 saturated heterocycles. The topological polar surface area (TPSA) is 67.9 Å². The smallest absolute Gasteiger partial charge is 0.254 e. The summed E-state index contributed by atoms with van der Waals surface area (Å²) in [7, 11) is 3.22. The van der Waals surface area contributed by atoms with Crippen molar-refractivity contribution in [2.24, 2.45) is 5.92 Å². The third kappa shape index (κ3) is 5.20. The van der Waals surface area contributed by atoms with Gasteiger partial charge in [-0.05, 0) is 53.1 Å². The van der Waals surface area contributed by atoms with Crippen molar-refractivity contribution in [2.75, 3.05) is 27.3 Å². The van der Waals surface area contributed by atoms with E-state index in [-0.39, 0.29) is 23.8 Å². The summed E-state index contributed by atoms with van der Waals surface area (Å²) in [6, 6.07) is 17.0. The number of amides is 2. The quantitative estimate of drug-likeness (QED) is 0.453. The van der Waals surface area contributed by atoms with Crippen molar-refractivity contribution in [3.8, 4) is 11.5 Å². The summed E-state index contributed by atoms with van der Waals surface area (Å²) >= 11 is 1.59. The van der Waals surface area contributed by atoms with E-state index >= 15 is 0 Å². The molecule has 0 aliphatic carbocycles. The van der Waals surface area contributed by atoms with E-state index in [1.165, 1.54) is 0 Å². The van der Waals surface area contributed by atoms with Crippen LogP contribution in [0.3, 0.4) is 0 Å². The highest BCUT2D eigenvalue weighted by atomic mass is 32.1. The molecule has 0 unspecified atom stereocenters. The van der Waals surface area contributed by atoms with Crippen LogP contribution in [0.2, 0.25) is 0 Å². The minimum atomic E-state index is -0.480. The van der Waals surface area contributed by atoms with Crippen LogP contribution in [-0.2, 0) is 11.2 Å². The average Bonchev–Trinajstić information content (AvgIpc) is 3.39. The fraction of sp³-hybridized carbons (Fsp3) is 0.357. The normalized spacial score (nSPS) is 17.3. The van der Waals surface area contributed by atoms with Gasteiger partial charge in [0.05, 0.1) is 26.2 Å². The molecule has 1 aliphatic rings. The van der Waals surface area contributed by atoms with Gasteiger partial charge >= 0.3 is 0 Å². The third-order valence-corrected chi connectivity index (χ3v) is 7.22. The molecule has 2 atom stereocenters. The second-order valence-corrected chi connectivity index (χ2v) is 10.1. The van der Waals surface area contributed by atoms with Gasteiger partial charge in [0.25, 0.3) is 5.91 Å². The molecule has 1 N–H and O–H groups in total. The largest absolute Gasteiger partial charge is 0.493 e. The molecule has 184 valence electrons. The van der Waals surface area contributed by atoms with Crippen LogP contribution >= 0.6 is 11.3 Å². The minimum Gasteiger partial charge on any atom is -0.493 e. The first-order valence-corrected chi connectivity index (χ1v) is 12.7. The van der Waals surface area contributed by atoms with Crippen LogP contribution in [0.25, 0.3) is 0 Å². The predicted octanol–water partition coefficient (Wildman–Crippen LogP) is 5.06. The summed E-state index contributed by atoms with van der Waals surface area (Å²) in [5, 5.41) is 5.14. The van der Waals surface area contributed by atoms with Crippen molar-refractivity contribution in [3.05, 3.63) is 81.5 Å². The van der Waals surface area contributed by atoms with E-state index in [1.807, 2.05) is 64.9 Å². The maximum Gasteiger partial charge on any atom is 0.254 e. The van der Waals surface area contributed by atoms with Crippen molar-refractivity contribution < 1.29 is 19.1 Å². The maximum atomic E-state index is 13.7. The van der Waals surface area contributed by atoms with Crippen LogP contribution in [0.15, 0.2) is 60.0 Å². The highest BCUT2D eigenvalue weighted by Gasteiger charge is 2.44. The Bertz CT molecular complexity index is 1180. The van der Waals surface area contributed by atoms with Gasteiger partial charge in [-0.1, -0.05) is 44.2 Å². The Labute approximate surface area is 210 Å². The van der Waals surface area contributed by atoms with Gasteiger partial charge in [-0.3, -0.25) is 9.59 Å². The van der Waals surface area contributed by atoms with Gasteiger partial charge in [0.2, 0.25) is 5.91 Å². The van der Waals surface area contributed by atoms with Crippen LogP contribution in [0, 0.1) is 5.92 Å². The Balaban J connectivity index is 1.60. The van der Waals surface area contributed by atoms with Crippen LogP contribution in [-0.4, -0.2) is 44.0 Å². The monoisotopic (exact) mass is 492 g/mol. The molecule has 4 rings (SSSR count). The number of carbonyl (C=O) groups excluding carboxylic acids is 2. The van der Waals surface area contributed by atoms with Gasteiger partial charge in [0, 0.05) is 23.5 Å². The van der Waals surface area contributed by atoms with Gasteiger partial charge in [-0.25, -0.2) is 0 Å². The summed E-state index contributed by atoms with van der Waals surface area (Å²) < 4.78 is 10.7. The zero-order valence-electron chi connectivity index (χ0n) is 20.6. The average molecular weight is 493 g/mol. The van der Waals surface area contributed by atoms with Crippen molar-refractivity contribution >= 4 is 23.2 Å². The van der Waals surface area contributed by atoms with E-state index in [2.05, 4.69) is 19.2 Å². The fourth-order valence-corrected chi connectivity index (χ4v) is 5.60. The molecule has 2 heterocycles. The second kappa shape index (κ2) is 11.0. The number of rotatable bonds is 9. The van der Waals surface area contributed by atoms with E-state index in [0.29, 0.717) is 36.6 Å². The standard InChI is InChI=1S/C28H32N2O4S/c1-18(2)17-30-26(24-10-7-15-35-24)25(20-8-5-6-9-21(20)28(30)32)27(31)29-14-13-19-11-12-22(33-3)23(16-19)34-4/h5-12,15-16,18,25-26H,13-14,17H2,1-4H3,(H,29,31)/t25-,26-/m1/s1. The Kier molecular flexibility index (Phi) is 7.76. The molecule has 3 aromatic rings. The first-order valence-electron chi connectivity index (χ1n) is 11.9. The van der Waals surface area contributed by atoms with Gasteiger partial charge in [-0.15, -0.1) is 11.3 Å². The lowest BCUT2D eigenvalue weighted by molar-refractivity contribution is -0.124. The van der Waals surface area contributed by atoms with Crippen molar-refractivity contribution in [1.29, 1.82) is 0 Å². The third-order valence-electron chi connectivity index (χ3n) is 6.28. The van der Waals surface area contributed by atoms with E-state index < -0.39 is 5.92 Å². The first kappa shape index (κ1) is 24.8. The molecule has 0 radical (unpaired) electrons. The van der Waals surface area contributed by atoms with E-state index in [4.69, 9.17) is 9.47 Å². The molecule has 1 aromatic heterocycles. The molecule has 2 amide bonds. The zero-order chi connectivity index (χ0) is 24.9. The lowest BCUT2D eigenvalue weighted by Gasteiger charge is -2.42. The molecule has 35 heavy (non-hydrogen) atoms. The predicted molar refractivity (Wildman–Crippen MR) is 138 cm³/mol. The number of methoxy groups -OCH3 is 2. The summed E-state index contributed by atoms with van der Waals surface area (Å²) in [5.41, 5.74) is 2.44. The number of hydrogen-bond acceptors (Lipinski definition) is 5. The number of carbonyl (C=O) groups is 2. The Hall–Kier alpha value is -3.32. The molecule has 0 saturated carbocycles. The molecule has 1 aliphatic heterocycles. The minimum absolute atomic E-state index is 0.0120. The van der Waals surface area contributed by atoms with Crippen molar-refractivity contribution in [3.63, 3.8) is 0 Å². The van der Waals surface area contributed by atoms with Crippen LogP contribution in [0.5, 0.6) is 11.5 Å². The Morgan fingerprint density at radius 2 is 1.83 bits per heavy atom. The molecular weight excluding hydrogens is 460 g/mol. The number of hydrogen-bond donors (Lipinski definition) is 1. The number of ether oxygens (including phenoxy) is 2.